The van der Waals surface area contributed by atoms with Gasteiger partial charge in [0, 0.05) is 3.57 Å². The van der Waals surface area contributed by atoms with Crippen LogP contribution in [0.15, 0.2) is 24.3 Å². The molecule has 1 nitrogen and oxygen atoms in total. The third-order valence-electron chi connectivity index (χ3n) is 3.72. The van der Waals surface area contributed by atoms with Gasteiger partial charge >= 0.3 is 0 Å². The average Bonchev–Trinajstić information content (AvgIpc) is 2.30. The van der Waals surface area contributed by atoms with Crippen LogP contribution in [0.2, 0.25) is 0 Å². The molecule has 88 valence electrons. The fourth-order valence-corrected chi connectivity index (χ4v) is 2.89. The summed E-state index contributed by atoms with van der Waals surface area (Å²) in [5.74, 6) is 1.32. The Hall–Kier alpha value is -0.0900. The number of aliphatic hydroxyl groups is 1. The number of hydrogen-bond acceptors (Lipinski definition) is 1. The zero-order chi connectivity index (χ0) is 11.5. The lowest BCUT2D eigenvalue weighted by atomic mass is 9.78. The van der Waals surface area contributed by atoms with Crippen LogP contribution in [0.4, 0.5) is 0 Å². The van der Waals surface area contributed by atoms with E-state index in [1.165, 1.54) is 29.3 Å². The lowest BCUT2D eigenvalue weighted by Crippen LogP contribution is -2.19. The van der Waals surface area contributed by atoms with E-state index in [4.69, 9.17) is 0 Å². The predicted octanol–water partition coefficient (Wildman–Crippen LogP) is 4.15. The predicted molar refractivity (Wildman–Crippen MR) is 75.2 cm³/mol. The van der Waals surface area contributed by atoms with Gasteiger partial charge in [-0.2, -0.15) is 0 Å². The molecule has 0 saturated heterocycles. The Kier molecular flexibility index (Phi) is 4.25. The number of halogens is 1. The largest absolute Gasteiger partial charge is 0.388 e. The van der Waals surface area contributed by atoms with Gasteiger partial charge < -0.3 is 5.11 Å². The van der Waals surface area contributed by atoms with E-state index >= 15 is 0 Å². The van der Waals surface area contributed by atoms with Gasteiger partial charge in [-0.1, -0.05) is 31.9 Å². The van der Waals surface area contributed by atoms with Crippen molar-refractivity contribution in [3.05, 3.63) is 33.4 Å². The summed E-state index contributed by atoms with van der Waals surface area (Å²) in [6, 6.07) is 8.27. The molecule has 1 aliphatic rings. The molecule has 2 heteroatoms. The summed E-state index contributed by atoms with van der Waals surface area (Å²) in [6.45, 7) is 2.31. The molecule has 1 saturated carbocycles. The molecule has 0 aromatic heterocycles. The van der Waals surface area contributed by atoms with Crippen molar-refractivity contribution in [3.8, 4) is 0 Å². The van der Waals surface area contributed by atoms with E-state index in [1.807, 2.05) is 0 Å². The van der Waals surface area contributed by atoms with Gasteiger partial charge in [0.1, 0.15) is 0 Å². The molecule has 0 radical (unpaired) electrons. The van der Waals surface area contributed by atoms with Crippen molar-refractivity contribution in [2.75, 3.05) is 0 Å². The SMILES string of the molecule is CC1CCC(C(O)c2ccc(I)cc2)CC1. The zero-order valence-electron chi connectivity index (χ0n) is 9.70. The molecular formula is C14H19IO. The summed E-state index contributed by atoms with van der Waals surface area (Å²) in [4.78, 5) is 0. The van der Waals surface area contributed by atoms with Crippen LogP contribution < -0.4 is 0 Å². The first kappa shape index (κ1) is 12.4. The van der Waals surface area contributed by atoms with Crippen LogP contribution in [-0.2, 0) is 0 Å². The monoisotopic (exact) mass is 330 g/mol. The number of hydrogen-bond donors (Lipinski definition) is 1. The van der Waals surface area contributed by atoms with E-state index in [-0.39, 0.29) is 6.10 Å². The molecule has 2 rings (SSSR count). The standard InChI is InChI=1S/C14H19IO/c1-10-2-4-11(5-3-10)14(16)12-6-8-13(15)9-7-12/h6-11,14,16H,2-5H2,1H3. The van der Waals surface area contributed by atoms with Crippen LogP contribution >= 0.6 is 22.6 Å². The molecule has 0 amide bonds. The molecule has 1 atom stereocenters. The maximum absolute atomic E-state index is 10.3. The Morgan fingerprint density at radius 2 is 1.69 bits per heavy atom. The molecule has 1 aromatic rings. The third-order valence-corrected chi connectivity index (χ3v) is 4.44. The van der Waals surface area contributed by atoms with E-state index in [1.54, 1.807) is 0 Å². The van der Waals surface area contributed by atoms with Crippen LogP contribution in [-0.4, -0.2) is 5.11 Å². The molecule has 0 aliphatic heterocycles. The Morgan fingerprint density at radius 1 is 1.12 bits per heavy atom. The van der Waals surface area contributed by atoms with Gasteiger partial charge in [0.25, 0.3) is 0 Å². The second-order valence-electron chi connectivity index (χ2n) is 5.02. The topological polar surface area (TPSA) is 20.2 Å². The fraction of sp³-hybridized carbons (Fsp3) is 0.571. The summed E-state index contributed by atoms with van der Waals surface area (Å²) in [5, 5.41) is 10.3. The quantitative estimate of drug-likeness (QED) is 0.808. The summed E-state index contributed by atoms with van der Waals surface area (Å²) in [6.07, 6.45) is 4.63. The van der Waals surface area contributed by atoms with Gasteiger partial charge in [-0.25, -0.2) is 0 Å². The van der Waals surface area contributed by atoms with Gasteiger partial charge in [-0.3, -0.25) is 0 Å². The summed E-state index contributed by atoms with van der Waals surface area (Å²) in [7, 11) is 0. The molecular weight excluding hydrogens is 311 g/mol. The van der Waals surface area contributed by atoms with Crippen LogP contribution in [0.25, 0.3) is 0 Å². The van der Waals surface area contributed by atoms with E-state index in [2.05, 4.69) is 53.8 Å². The highest BCUT2D eigenvalue weighted by atomic mass is 127. The first-order chi connectivity index (χ1) is 7.66. The lowest BCUT2D eigenvalue weighted by Gasteiger charge is -2.30. The Morgan fingerprint density at radius 3 is 2.25 bits per heavy atom. The van der Waals surface area contributed by atoms with Crippen LogP contribution in [0.3, 0.4) is 0 Å². The van der Waals surface area contributed by atoms with Crippen molar-refractivity contribution in [1.29, 1.82) is 0 Å². The molecule has 0 bridgehead atoms. The molecule has 0 heterocycles. The fourth-order valence-electron chi connectivity index (χ4n) is 2.53. The molecule has 1 aliphatic carbocycles. The minimum absolute atomic E-state index is 0.260. The van der Waals surface area contributed by atoms with E-state index in [0.717, 1.165) is 11.5 Å². The average molecular weight is 330 g/mol. The summed E-state index contributed by atoms with van der Waals surface area (Å²) >= 11 is 2.30. The van der Waals surface area contributed by atoms with Crippen LogP contribution in [0.5, 0.6) is 0 Å². The first-order valence-corrected chi connectivity index (χ1v) is 7.18. The van der Waals surface area contributed by atoms with Gasteiger partial charge in [0.15, 0.2) is 0 Å². The van der Waals surface area contributed by atoms with Gasteiger partial charge in [0.2, 0.25) is 0 Å². The van der Waals surface area contributed by atoms with E-state index in [9.17, 15) is 5.11 Å². The van der Waals surface area contributed by atoms with Crippen molar-refractivity contribution in [3.63, 3.8) is 0 Å². The summed E-state index contributed by atoms with van der Waals surface area (Å²) in [5.41, 5.74) is 1.08. The normalized spacial score (nSPS) is 27.7. The Bertz CT molecular complexity index is 325. The highest BCUT2D eigenvalue weighted by Gasteiger charge is 2.25. The van der Waals surface area contributed by atoms with E-state index in [0.29, 0.717) is 5.92 Å². The smallest absolute Gasteiger partial charge is 0.0818 e. The van der Waals surface area contributed by atoms with Gasteiger partial charge in [0.05, 0.1) is 6.10 Å². The highest BCUT2D eigenvalue weighted by molar-refractivity contribution is 14.1. The molecule has 0 spiro atoms. The Balaban J connectivity index is 2.01. The minimum atomic E-state index is -0.260. The zero-order valence-corrected chi connectivity index (χ0v) is 11.9. The third kappa shape index (κ3) is 2.98. The van der Waals surface area contributed by atoms with Crippen molar-refractivity contribution >= 4 is 22.6 Å². The van der Waals surface area contributed by atoms with Gasteiger partial charge in [-0.05, 0) is 65.0 Å². The van der Waals surface area contributed by atoms with E-state index < -0.39 is 0 Å². The molecule has 16 heavy (non-hydrogen) atoms. The molecule has 1 aromatic carbocycles. The number of aliphatic hydroxyl groups excluding tert-OH is 1. The second kappa shape index (κ2) is 5.50. The molecule has 1 fully saturated rings. The molecule has 1 N–H and O–H groups in total. The molecule has 1 unspecified atom stereocenters. The van der Waals surface area contributed by atoms with Gasteiger partial charge in [-0.15, -0.1) is 0 Å². The van der Waals surface area contributed by atoms with Crippen molar-refractivity contribution in [2.45, 2.75) is 38.7 Å². The minimum Gasteiger partial charge on any atom is -0.388 e. The first-order valence-electron chi connectivity index (χ1n) is 6.10. The maximum Gasteiger partial charge on any atom is 0.0818 e. The van der Waals surface area contributed by atoms with Crippen molar-refractivity contribution in [2.24, 2.45) is 11.8 Å². The lowest BCUT2D eigenvalue weighted by molar-refractivity contribution is 0.0755. The van der Waals surface area contributed by atoms with Crippen molar-refractivity contribution in [1.82, 2.24) is 0 Å². The Labute approximate surface area is 111 Å². The number of benzene rings is 1. The summed E-state index contributed by atoms with van der Waals surface area (Å²) < 4.78 is 1.23. The number of rotatable bonds is 2. The highest BCUT2D eigenvalue weighted by Crippen LogP contribution is 2.36. The van der Waals surface area contributed by atoms with Crippen molar-refractivity contribution < 1.29 is 5.11 Å². The second-order valence-corrected chi connectivity index (χ2v) is 6.26. The maximum atomic E-state index is 10.3. The van der Waals surface area contributed by atoms with Crippen LogP contribution in [0.1, 0.15) is 44.3 Å². The van der Waals surface area contributed by atoms with Crippen LogP contribution in [0, 0.1) is 15.4 Å².